The van der Waals surface area contributed by atoms with Crippen molar-refractivity contribution in [3.8, 4) is 16.2 Å². The van der Waals surface area contributed by atoms with Crippen molar-refractivity contribution in [3.05, 3.63) is 64.8 Å². The maximum Gasteiger partial charge on any atom is 0.350 e. The van der Waals surface area contributed by atoms with Crippen LogP contribution >= 0.6 is 11.3 Å². The lowest BCUT2D eigenvalue weighted by Gasteiger charge is -2.24. The number of fused-ring (bicyclic) bond motifs is 1. The molecule has 7 nitrogen and oxygen atoms in total. The van der Waals surface area contributed by atoms with Gasteiger partial charge in [-0.15, -0.1) is 11.3 Å². The van der Waals surface area contributed by atoms with Crippen molar-refractivity contribution in [2.75, 3.05) is 24.4 Å². The van der Waals surface area contributed by atoms with E-state index in [0.717, 1.165) is 10.4 Å². The van der Waals surface area contributed by atoms with E-state index in [9.17, 15) is 18.8 Å². The van der Waals surface area contributed by atoms with Gasteiger partial charge in [0.25, 0.3) is 0 Å². The summed E-state index contributed by atoms with van der Waals surface area (Å²) in [6.45, 7) is 1.88. The van der Waals surface area contributed by atoms with Crippen LogP contribution in [0, 0.1) is 5.82 Å². The highest BCUT2D eigenvalue weighted by molar-refractivity contribution is 7.18. The average Bonchev–Trinajstić information content (AvgIpc) is 3.22. The van der Waals surface area contributed by atoms with E-state index in [1.165, 1.54) is 29.5 Å². The third kappa shape index (κ3) is 4.73. The number of ether oxygens (including phenoxy) is 2. The van der Waals surface area contributed by atoms with Crippen molar-refractivity contribution in [1.29, 1.82) is 0 Å². The van der Waals surface area contributed by atoms with Gasteiger partial charge >= 0.3 is 5.97 Å². The number of nitrogens with one attached hydrogen (secondary N) is 2. The molecular weight excluding hydrogens is 447 g/mol. The fourth-order valence-corrected chi connectivity index (χ4v) is 4.63. The molecule has 4 rings (SSSR count). The maximum absolute atomic E-state index is 13.6. The Kier molecular flexibility index (Phi) is 6.41. The van der Waals surface area contributed by atoms with Gasteiger partial charge in [-0.05, 0) is 60.5 Å². The lowest BCUT2D eigenvalue weighted by molar-refractivity contribution is -0.123. The molecule has 1 atom stereocenters. The summed E-state index contributed by atoms with van der Waals surface area (Å²) in [5, 5.41) is 5.37. The number of carbonyl (C=O) groups excluding carboxylic acids is 3. The number of anilines is 2. The van der Waals surface area contributed by atoms with Crippen LogP contribution in [0.4, 0.5) is 15.8 Å². The van der Waals surface area contributed by atoms with Crippen molar-refractivity contribution >= 4 is 40.5 Å². The van der Waals surface area contributed by atoms with E-state index in [2.05, 4.69) is 10.6 Å². The molecule has 33 heavy (non-hydrogen) atoms. The number of methoxy groups -OCH3 is 1. The number of rotatable bonds is 6. The molecule has 1 aliphatic rings. The van der Waals surface area contributed by atoms with E-state index in [1.807, 2.05) is 12.1 Å². The van der Waals surface area contributed by atoms with Crippen LogP contribution in [0.15, 0.2) is 48.5 Å². The molecule has 0 aliphatic carbocycles. The van der Waals surface area contributed by atoms with Crippen LogP contribution in [-0.2, 0) is 14.3 Å². The first-order valence-electron chi connectivity index (χ1n) is 10.2. The lowest BCUT2D eigenvalue weighted by Crippen LogP contribution is -2.31. The largest absolute Gasteiger partial charge is 0.497 e. The van der Waals surface area contributed by atoms with Crippen molar-refractivity contribution in [1.82, 2.24) is 0 Å². The molecule has 2 aromatic carbocycles. The van der Waals surface area contributed by atoms with E-state index in [-0.39, 0.29) is 29.5 Å². The third-order valence-corrected chi connectivity index (χ3v) is 6.36. The number of esters is 1. The van der Waals surface area contributed by atoms with Gasteiger partial charge < -0.3 is 20.1 Å². The molecule has 2 amide bonds. The summed E-state index contributed by atoms with van der Waals surface area (Å²) >= 11 is 1.19. The molecule has 2 heterocycles. The molecule has 2 N–H and O–H groups in total. The highest BCUT2D eigenvalue weighted by atomic mass is 32.1. The summed E-state index contributed by atoms with van der Waals surface area (Å²) in [7, 11) is 1.57. The van der Waals surface area contributed by atoms with Gasteiger partial charge in [0.2, 0.25) is 11.8 Å². The molecule has 1 aliphatic heterocycles. The lowest BCUT2D eigenvalue weighted by atomic mass is 9.89. The van der Waals surface area contributed by atoms with Crippen molar-refractivity contribution in [3.63, 3.8) is 0 Å². The molecule has 0 bridgehead atoms. The molecule has 0 radical (unpaired) electrons. The normalized spacial score (nSPS) is 14.8. The first-order chi connectivity index (χ1) is 15.9. The number of benzene rings is 2. The Labute approximate surface area is 193 Å². The first kappa shape index (κ1) is 22.5. The molecule has 9 heteroatoms. The van der Waals surface area contributed by atoms with Crippen LogP contribution in [-0.4, -0.2) is 31.5 Å². The number of hydrogen-bond acceptors (Lipinski definition) is 6. The summed E-state index contributed by atoms with van der Waals surface area (Å²) < 4.78 is 24.0. The average molecular weight is 469 g/mol. The molecule has 0 spiro atoms. The zero-order chi connectivity index (χ0) is 23.5. The fourth-order valence-electron chi connectivity index (χ4n) is 3.62. The third-order valence-electron chi connectivity index (χ3n) is 5.20. The molecule has 3 aromatic rings. The second-order valence-corrected chi connectivity index (χ2v) is 8.38. The Morgan fingerprint density at radius 2 is 1.94 bits per heavy atom. The predicted octanol–water partition coefficient (Wildman–Crippen LogP) is 4.80. The van der Waals surface area contributed by atoms with Gasteiger partial charge in [-0.3, -0.25) is 9.59 Å². The van der Waals surface area contributed by atoms with Crippen LogP contribution in [0.5, 0.6) is 5.75 Å². The van der Waals surface area contributed by atoms with E-state index >= 15 is 0 Å². The summed E-state index contributed by atoms with van der Waals surface area (Å²) in [5.74, 6) is -2.05. The molecule has 0 saturated heterocycles. The molecule has 0 fully saturated rings. The van der Waals surface area contributed by atoms with E-state index < -0.39 is 23.6 Å². The van der Waals surface area contributed by atoms with E-state index in [4.69, 9.17) is 9.47 Å². The predicted molar refractivity (Wildman–Crippen MR) is 123 cm³/mol. The second kappa shape index (κ2) is 9.41. The monoisotopic (exact) mass is 468 g/mol. The fraction of sp³-hybridized carbons (Fsp3) is 0.208. The number of thiophene rings is 1. The summed E-state index contributed by atoms with van der Waals surface area (Å²) in [4.78, 5) is 38.8. The molecule has 1 unspecified atom stereocenters. The van der Waals surface area contributed by atoms with Crippen LogP contribution in [0.3, 0.4) is 0 Å². The van der Waals surface area contributed by atoms with Crippen molar-refractivity contribution in [2.24, 2.45) is 0 Å². The molecular formula is C24H21FN2O5S. The number of amides is 2. The van der Waals surface area contributed by atoms with Gasteiger partial charge in [-0.1, -0.05) is 6.07 Å². The topological polar surface area (TPSA) is 93.7 Å². The number of hydrogen-bond donors (Lipinski definition) is 2. The molecule has 1 aromatic heterocycles. The first-order valence-corrected chi connectivity index (χ1v) is 11.1. The highest BCUT2D eigenvalue weighted by Gasteiger charge is 2.32. The number of halogens is 1. The zero-order valence-corrected chi connectivity index (χ0v) is 18.8. The van der Waals surface area contributed by atoms with Crippen molar-refractivity contribution < 1.29 is 28.2 Å². The Bertz CT molecular complexity index is 1220. The Morgan fingerprint density at radius 3 is 2.64 bits per heavy atom. The van der Waals surface area contributed by atoms with Gasteiger partial charge in [0, 0.05) is 17.0 Å². The van der Waals surface area contributed by atoms with Crippen LogP contribution in [0.1, 0.15) is 34.5 Å². The Balaban J connectivity index is 1.66. The Morgan fingerprint density at radius 1 is 1.18 bits per heavy atom. The van der Waals surface area contributed by atoms with Gasteiger partial charge in [0.15, 0.2) is 0 Å². The standard InChI is InChI=1S/C24H21FN2O5S/c1-3-32-24(30)22-19(12-20(33-22)13-4-7-15(31-2)8-5-13)27-23(29)17-11-21(28)26-18-10-14(25)6-9-16(17)18/h4-10,12,17H,3,11H2,1-2H3,(H,26,28)(H,27,29). The highest BCUT2D eigenvalue weighted by Crippen LogP contribution is 2.38. The van der Waals surface area contributed by atoms with Gasteiger partial charge in [0.05, 0.1) is 25.3 Å². The Hall–Kier alpha value is -3.72. The van der Waals surface area contributed by atoms with Gasteiger partial charge in [0.1, 0.15) is 16.4 Å². The minimum Gasteiger partial charge on any atom is -0.497 e. The number of carbonyl (C=O) groups is 3. The second-order valence-electron chi connectivity index (χ2n) is 7.33. The maximum atomic E-state index is 13.6. The van der Waals surface area contributed by atoms with E-state index in [0.29, 0.717) is 17.0 Å². The van der Waals surface area contributed by atoms with Gasteiger partial charge in [-0.2, -0.15) is 0 Å². The minimum atomic E-state index is -0.825. The van der Waals surface area contributed by atoms with Crippen LogP contribution in [0.25, 0.3) is 10.4 Å². The quantitative estimate of drug-likeness (QED) is 0.507. The van der Waals surface area contributed by atoms with Crippen LogP contribution < -0.4 is 15.4 Å². The summed E-state index contributed by atoms with van der Waals surface area (Å²) in [6, 6.07) is 12.9. The van der Waals surface area contributed by atoms with E-state index in [1.54, 1.807) is 32.2 Å². The minimum absolute atomic E-state index is 0.0886. The van der Waals surface area contributed by atoms with Gasteiger partial charge in [-0.25, -0.2) is 9.18 Å². The van der Waals surface area contributed by atoms with Crippen LogP contribution in [0.2, 0.25) is 0 Å². The smallest absolute Gasteiger partial charge is 0.350 e. The summed E-state index contributed by atoms with van der Waals surface area (Å²) in [5.41, 5.74) is 1.91. The SMILES string of the molecule is CCOC(=O)c1sc(-c2ccc(OC)cc2)cc1NC(=O)C1CC(=O)Nc2cc(F)ccc21. The molecule has 0 saturated carbocycles. The molecule has 170 valence electrons. The zero-order valence-electron chi connectivity index (χ0n) is 17.9. The summed E-state index contributed by atoms with van der Waals surface area (Å²) in [6.07, 6.45) is -0.0886. The van der Waals surface area contributed by atoms with Crippen molar-refractivity contribution in [2.45, 2.75) is 19.3 Å².